The van der Waals surface area contributed by atoms with Gasteiger partial charge in [0.25, 0.3) is 0 Å². The number of hydrogen-bond donors (Lipinski definition) is 1. The lowest BCUT2D eigenvalue weighted by Gasteiger charge is -2.11. The van der Waals surface area contributed by atoms with Gasteiger partial charge in [0.15, 0.2) is 0 Å². The Morgan fingerprint density at radius 1 is 1.50 bits per heavy atom. The minimum absolute atomic E-state index is 0.146. The third kappa shape index (κ3) is 1.69. The zero-order chi connectivity index (χ0) is 9.30. The quantitative estimate of drug-likeness (QED) is 0.800. The predicted octanol–water partition coefficient (Wildman–Crippen LogP) is 1.77. The lowest BCUT2D eigenvalue weighted by molar-refractivity contribution is 0.595. The first-order valence-corrected chi connectivity index (χ1v) is 4.48. The van der Waals surface area contributed by atoms with Crippen LogP contribution in [0.2, 0.25) is 0 Å². The van der Waals surface area contributed by atoms with E-state index in [-0.39, 0.29) is 11.1 Å². The number of nitrogen functional groups attached to an aromatic ring is 1. The molecule has 0 amide bonds. The van der Waals surface area contributed by atoms with Crippen LogP contribution < -0.4 is 11.2 Å². The highest BCUT2D eigenvalue weighted by molar-refractivity contribution is 9.10. The molecule has 0 spiro atoms. The molecule has 0 saturated carbocycles. The van der Waals surface area contributed by atoms with Crippen LogP contribution in [0.3, 0.4) is 0 Å². The molecule has 12 heavy (non-hydrogen) atoms. The molecular formula is C8H11BrN2O. The second-order valence-electron chi connectivity index (χ2n) is 2.93. The van der Waals surface area contributed by atoms with Gasteiger partial charge in [-0.15, -0.1) is 0 Å². The molecular weight excluding hydrogens is 220 g/mol. The standard InChI is InChI=1S/C8H11BrN2O/c1-5(2)11-3-6(9)8(12)7(10)4-11/h3-5H,10H2,1-2H3. The van der Waals surface area contributed by atoms with Crippen LogP contribution in [0.5, 0.6) is 0 Å². The normalized spacial score (nSPS) is 10.7. The Kier molecular flexibility index (Phi) is 2.57. The molecule has 0 aromatic carbocycles. The van der Waals surface area contributed by atoms with E-state index in [1.807, 2.05) is 18.4 Å². The zero-order valence-electron chi connectivity index (χ0n) is 7.04. The summed E-state index contributed by atoms with van der Waals surface area (Å²) in [5.74, 6) is 0. The molecule has 0 aliphatic heterocycles. The van der Waals surface area contributed by atoms with Crippen molar-refractivity contribution in [1.29, 1.82) is 0 Å². The van der Waals surface area contributed by atoms with E-state index < -0.39 is 0 Å². The van der Waals surface area contributed by atoms with E-state index >= 15 is 0 Å². The van der Waals surface area contributed by atoms with Crippen LogP contribution in [0.15, 0.2) is 21.7 Å². The van der Waals surface area contributed by atoms with E-state index in [1.54, 1.807) is 12.4 Å². The fourth-order valence-corrected chi connectivity index (χ4v) is 1.35. The van der Waals surface area contributed by atoms with Crippen LogP contribution in [-0.2, 0) is 0 Å². The van der Waals surface area contributed by atoms with Crippen molar-refractivity contribution in [3.05, 3.63) is 27.1 Å². The third-order valence-corrected chi connectivity index (χ3v) is 2.19. The Morgan fingerprint density at radius 2 is 2.08 bits per heavy atom. The van der Waals surface area contributed by atoms with Crippen LogP contribution in [0.1, 0.15) is 19.9 Å². The number of hydrogen-bond acceptors (Lipinski definition) is 2. The smallest absolute Gasteiger partial charge is 0.218 e. The van der Waals surface area contributed by atoms with Crippen molar-refractivity contribution in [3.63, 3.8) is 0 Å². The molecule has 1 aromatic rings. The summed E-state index contributed by atoms with van der Waals surface area (Å²) in [6.07, 6.45) is 3.39. The first kappa shape index (κ1) is 9.32. The van der Waals surface area contributed by atoms with Gasteiger partial charge in [0.05, 0.1) is 10.2 Å². The maximum absolute atomic E-state index is 11.2. The molecule has 0 saturated heterocycles. The predicted molar refractivity (Wildman–Crippen MR) is 53.2 cm³/mol. The van der Waals surface area contributed by atoms with Gasteiger partial charge in [-0.25, -0.2) is 0 Å². The highest BCUT2D eigenvalue weighted by Crippen LogP contribution is 2.10. The molecule has 0 atom stereocenters. The van der Waals surface area contributed by atoms with Crippen molar-refractivity contribution in [2.24, 2.45) is 0 Å². The van der Waals surface area contributed by atoms with E-state index in [0.29, 0.717) is 10.5 Å². The highest BCUT2D eigenvalue weighted by atomic mass is 79.9. The van der Waals surface area contributed by atoms with Gasteiger partial charge in [-0.3, -0.25) is 4.79 Å². The summed E-state index contributed by atoms with van der Waals surface area (Å²) in [4.78, 5) is 11.2. The van der Waals surface area contributed by atoms with Gasteiger partial charge in [-0.2, -0.15) is 0 Å². The summed E-state index contributed by atoms with van der Waals surface area (Å²) in [7, 11) is 0. The van der Waals surface area contributed by atoms with Crippen molar-refractivity contribution >= 4 is 21.6 Å². The molecule has 0 aliphatic carbocycles. The molecule has 3 nitrogen and oxygen atoms in total. The SMILES string of the molecule is CC(C)n1cc(N)c(=O)c(Br)c1. The molecule has 1 heterocycles. The molecule has 1 rings (SSSR count). The number of pyridine rings is 1. The molecule has 0 radical (unpaired) electrons. The van der Waals surface area contributed by atoms with E-state index in [2.05, 4.69) is 15.9 Å². The van der Waals surface area contributed by atoms with Crippen molar-refractivity contribution in [2.45, 2.75) is 19.9 Å². The van der Waals surface area contributed by atoms with Crippen LogP contribution >= 0.6 is 15.9 Å². The second-order valence-corrected chi connectivity index (χ2v) is 3.79. The summed E-state index contributed by atoms with van der Waals surface area (Å²) in [5, 5.41) is 0. The summed E-state index contributed by atoms with van der Waals surface area (Å²) in [6.45, 7) is 4.05. The first-order valence-electron chi connectivity index (χ1n) is 3.69. The largest absolute Gasteiger partial charge is 0.394 e. The Morgan fingerprint density at radius 3 is 2.50 bits per heavy atom. The van der Waals surface area contributed by atoms with Gasteiger partial charge in [0.1, 0.15) is 0 Å². The summed E-state index contributed by atoms with van der Waals surface area (Å²) >= 11 is 3.15. The number of nitrogens with two attached hydrogens (primary N) is 1. The molecule has 0 unspecified atom stereocenters. The Labute approximate surface area is 79.3 Å². The van der Waals surface area contributed by atoms with Crippen molar-refractivity contribution in [2.75, 3.05) is 5.73 Å². The maximum Gasteiger partial charge on any atom is 0.218 e. The van der Waals surface area contributed by atoms with Crippen molar-refractivity contribution in [1.82, 2.24) is 4.57 Å². The summed E-state index contributed by atoms with van der Waals surface area (Å²) in [5.41, 5.74) is 5.63. The van der Waals surface area contributed by atoms with Gasteiger partial charge in [0.2, 0.25) is 5.43 Å². The molecule has 0 bridgehead atoms. The average molecular weight is 231 g/mol. The van der Waals surface area contributed by atoms with Gasteiger partial charge < -0.3 is 10.3 Å². The molecule has 66 valence electrons. The van der Waals surface area contributed by atoms with Crippen LogP contribution in [0.4, 0.5) is 5.69 Å². The Balaban J connectivity index is 3.31. The monoisotopic (exact) mass is 230 g/mol. The van der Waals surface area contributed by atoms with Crippen LogP contribution in [0.25, 0.3) is 0 Å². The minimum Gasteiger partial charge on any atom is -0.394 e. The minimum atomic E-state index is -0.146. The number of rotatable bonds is 1. The topological polar surface area (TPSA) is 48.0 Å². The molecule has 4 heteroatoms. The van der Waals surface area contributed by atoms with Crippen molar-refractivity contribution in [3.8, 4) is 0 Å². The summed E-state index contributed by atoms with van der Waals surface area (Å²) in [6, 6.07) is 0.309. The fourth-order valence-electron chi connectivity index (χ4n) is 0.882. The van der Waals surface area contributed by atoms with Gasteiger partial charge in [0, 0.05) is 18.4 Å². The maximum atomic E-state index is 11.2. The number of aromatic nitrogens is 1. The molecule has 2 N–H and O–H groups in total. The highest BCUT2D eigenvalue weighted by Gasteiger charge is 2.03. The molecule has 0 aliphatic rings. The van der Waals surface area contributed by atoms with Gasteiger partial charge >= 0.3 is 0 Å². The number of anilines is 1. The molecule has 1 aromatic heterocycles. The van der Waals surface area contributed by atoms with E-state index in [9.17, 15) is 4.79 Å². The van der Waals surface area contributed by atoms with E-state index in [1.165, 1.54) is 0 Å². The average Bonchev–Trinajstić information content (AvgIpc) is 1.99. The van der Waals surface area contributed by atoms with Crippen LogP contribution in [-0.4, -0.2) is 4.57 Å². The van der Waals surface area contributed by atoms with Gasteiger partial charge in [-0.05, 0) is 29.8 Å². The lowest BCUT2D eigenvalue weighted by Crippen LogP contribution is -2.14. The number of halogens is 1. The zero-order valence-corrected chi connectivity index (χ0v) is 8.63. The van der Waals surface area contributed by atoms with E-state index in [4.69, 9.17) is 5.73 Å². The van der Waals surface area contributed by atoms with Crippen LogP contribution in [0, 0.1) is 0 Å². The number of nitrogens with zero attached hydrogens (tertiary/aromatic N) is 1. The Hall–Kier alpha value is -0.770. The lowest BCUT2D eigenvalue weighted by atomic mass is 10.3. The Bertz CT molecular complexity index is 317. The summed E-state index contributed by atoms with van der Waals surface area (Å²) < 4.78 is 2.40. The van der Waals surface area contributed by atoms with Gasteiger partial charge in [-0.1, -0.05) is 0 Å². The fraction of sp³-hybridized carbons (Fsp3) is 0.375. The molecule has 0 fully saturated rings. The first-order chi connectivity index (χ1) is 5.52. The van der Waals surface area contributed by atoms with E-state index in [0.717, 1.165) is 0 Å². The second kappa shape index (κ2) is 3.31. The van der Waals surface area contributed by atoms with Crippen molar-refractivity contribution < 1.29 is 0 Å². The third-order valence-electron chi connectivity index (χ3n) is 1.63.